The average Bonchev–Trinajstić information content (AvgIpc) is 2.34. The zero-order valence-corrected chi connectivity index (χ0v) is 7.27. The fourth-order valence-electron chi connectivity index (χ4n) is 1.22. The number of aromatic amines is 1. The molecule has 0 aromatic carbocycles. The number of aromatic nitrogens is 2. The predicted molar refractivity (Wildman–Crippen MR) is 52.6 cm³/mol. The van der Waals surface area contributed by atoms with Crippen molar-refractivity contribution in [2.45, 2.75) is 0 Å². The van der Waals surface area contributed by atoms with Crippen LogP contribution in [0.25, 0.3) is 18.2 Å². The van der Waals surface area contributed by atoms with Gasteiger partial charge in [-0.2, -0.15) is 0 Å². The van der Waals surface area contributed by atoms with Crippen molar-refractivity contribution in [2.24, 2.45) is 0 Å². The molecule has 0 amide bonds. The van der Waals surface area contributed by atoms with E-state index in [2.05, 4.69) is 9.97 Å². The summed E-state index contributed by atoms with van der Waals surface area (Å²) in [5.74, 6) is -1.01. The number of allylic oxidation sites excluding steroid dienone is 3. The van der Waals surface area contributed by atoms with Crippen LogP contribution in [0.4, 0.5) is 0 Å². The maximum Gasteiger partial charge on any atom is 0.332 e. The number of carbonyl (C=O) groups is 1. The molecular formula is C10H8N2O2. The number of nitrogens with one attached hydrogen (secondary N) is 1. The zero-order valence-electron chi connectivity index (χ0n) is 7.27. The van der Waals surface area contributed by atoms with Gasteiger partial charge in [-0.25, -0.2) is 9.78 Å². The molecule has 1 aliphatic rings. The summed E-state index contributed by atoms with van der Waals surface area (Å²) in [6, 6.07) is 0. The van der Waals surface area contributed by atoms with Crippen LogP contribution in [0.2, 0.25) is 0 Å². The van der Waals surface area contributed by atoms with Gasteiger partial charge in [0.05, 0.1) is 17.1 Å². The van der Waals surface area contributed by atoms with Gasteiger partial charge in [0, 0.05) is 0 Å². The molecule has 1 aliphatic carbocycles. The van der Waals surface area contributed by atoms with Crippen molar-refractivity contribution in [2.75, 3.05) is 0 Å². The van der Waals surface area contributed by atoms with Crippen molar-refractivity contribution in [1.29, 1.82) is 0 Å². The van der Waals surface area contributed by atoms with Crippen molar-refractivity contribution in [3.05, 3.63) is 34.8 Å². The van der Waals surface area contributed by atoms with E-state index in [4.69, 9.17) is 5.11 Å². The Hall–Kier alpha value is -2.10. The van der Waals surface area contributed by atoms with Gasteiger partial charge in [-0.05, 0) is 12.2 Å². The van der Waals surface area contributed by atoms with Gasteiger partial charge in [0.2, 0.25) is 0 Å². The van der Waals surface area contributed by atoms with Crippen molar-refractivity contribution in [1.82, 2.24) is 9.97 Å². The van der Waals surface area contributed by atoms with Crippen LogP contribution < -0.4 is 10.8 Å². The summed E-state index contributed by atoms with van der Waals surface area (Å²) < 4.78 is 0. The first-order chi connectivity index (χ1) is 6.75. The van der Waals surface area contributed by atoms with Crippen LogP contribution in [-0.4, -0.2) is 21.0 Å². The number of hydrogen-bond acceptors (Lipinski definition) is 2. The Kier molecular flexibility index (Phi) is 2.02. The molecule has 0 spiro atoms. The van der Waals surface area contributed by atoms with Crippen molar-refractivity contribution in [3.8, 4) is 0 Å². The number of H-pyrrole nitrogens is 1. The Morgan fingerprint density at radius 2 is 2.29 bits per heavy atom. The molecule has 4 heteroatoms. The van der Waals surface area contributed by atoms with Gasteiger partial charge in [-0.15, -0.1) is 0 Å². The average molecular weight is 188 g/mol. The first-order valence-corrected chi connectivity index (χ1v) is 4.11. The highest BCUT2D eigenvalue weighted by atomic mass is 16.4. The van der Waals surface area contributed by atoms with E-state index in [0.717, 1.165) is 17.1 Å². The lowest BCUT2D eigenvalue weighted by atomic mass is 10.4. The summed E-state index contributed by atoms with van der Waals surface area (Å²) >= 11 is 0. The van der Waals surface area contributed by atoms with Crippen LogP contribution in [0, 0.1) is 0 Å². The molecule has 2 N–H and O–H groups in total. The number of hydrogen-bond donors (Lipinski definition) is 2. The number of nitrogens with zero attached hydrogens (tertiary/aromatic N) is 1. The Bertz CT molecular complexity index is 535. The Morgan fingerprint density at radius 1 is 1.43 bits per heavy atom. The molecule has 2 rings (SSSR count). The van der Waals surface area contributed by atoms with Crippen molar-refractivity contribution in [3.63, 3.8) is 0 Å². The first kappa shape index (κ1) is 8.50. The number of carboxylic acids is 1. The molecule has 0 saturated heterocycles. The molecule has 0 radical (unpaired) electrons. The fraction of sp³-hybridized carbons (Fsp3) is 0. The van der Waals surface area contributed by atoms with Crippen molar-refractivity contribution < 1.29 is 9.90 Å². The van der Waals surface area contributed by atoms with E-state index >= 15 is 0 Å². The summed E-state index contributed by atoms with van der Waals surface area (Å²) in [6.07, 6.45) is 10.3. The first-order valence-electron chi connectivity index (χ1n) is 4.11. The number of rotatable bonds is 1. The second-order valence-corrected chi connectivity index (χ2v) is 2.81. The third-order valence-corrected chi connectivity index (χ3v) is 1.78. The van der Waals surface area contributed by atoms with Gasteiger partial charge in [0.1, 0.15) is 5.48 Å². The second-order valence-electron chi connectivity index (χ2n) is 2.81. The van der Waals surface area contributed by atoms with Gasteiger partial charge in [-0.3, -0.25) is 0 Å². The van der Waals surface area contributed by atoms with E-state index in [1.165, 1.54) is 0 Å². The molecule has 0 atom stereocenters. The molecule has 1 heterocycles. The highest BCUT2D eigenvalue weighted by Gasteiger charge is 1.98. The highest BCUT2D eigenvalue weighted by Crippen LogP contribution is 1.92. The lowest BCUT2D eigenvalue weighted by Gasteiger charge is -1.77. The van der Waals surface area contributed by atoms with Crippen LogP contribution in [0.5, 0.6) is 0 Å². The van der Waals surface area contributed by atoms with E-state index in [1.807, 2.05) is 30.4 Å². The summed E-state index contributed by atoms with van der Waals surface area (Å²) in [5.41, 5.74) is 1.11. The van der Waals surface area contributed by atoms with Crippen LogP contribution in [-0.2, 0) is 4.79 Å². The molecule has 0 bridgehead atoms. The maximum absolute atomic E-state index is 10.4. The van der Waals surface area contributed by atoms with Crippen LogP contribution >= 0.6 is 0 Å². The largest absolute Gasteiger partial charge is 0.478 e. The molecule has 0 fully saturated rings. The molecule has 0 unspecified atom stereocenters. The number of aliphatic carboxylic acids is 1. The molecular weight excluding hydrogens is 180 g/mol. The SMILES string of the molecule is O=C(O)C=c1nc2c([nH]1)=CC=CC=C2. The normalized spacial score (nSPS) is 14.7. The zero-order chi connectivity index (χ0) is 9.97. The fourth-order valence-corrected chi connectivity index (χ4v) is 1.22. The lowest BCUT2D eigenvalue weighted by molar-refractivity contribution is -0.129. The monoisotopic (exact) mass is 188 g/mol. The molecule has 1 aromatic heterocycles. The molecule has 1 aromatic rings. The molecule has 4 nitrogen and oxygen atoms in total. The van der Waals surface area contributed by atoms with Gasteiger partial charge in [0.15, 0.2) is 0 Å². The number of imidazole rings is 1. The van der Waals surface area contributed by atoms with Crippen LogP contribution in [0.3, 0.4) is 0 Å². The minimum absolute atomic E-state index is 0.360. The third-order valence-electron chi connectivity index (χ3n) is 1.78. The van der Waals surface area contributed by atoms with Crippen LogP contribution in [0.15, 0.2) is 18.2 Å². The lowest BCUT2D eigenvalue weighted by Crippen LogP contribution is -2.12. The molecule has 0 saturated carbocycles. The third kappa shape index (κ3) is 1.64. The number of carboxylic acid groups (broad SMARTS) is 1. The second kappa shape index (κ2) is 3.33. The maximum atomic E-state index is 10.4. The van der Waals surface area contributed by atoms with Gasteiger partial charge in [-0.1, -0.05) is 18.2 Å². The van der Waals surface area contributed by atoms with E-state index < -0.39 is 5.97 Å². The summed E-state index contributed by atoms with van der Waals surface area (Å²) in [4.78, 5) is 17.4. The van der Waals surface area contributed by atoms with E-state index in [-0.39, 0.29) is 0 Å². The molecule has 70 valence electrons. The standard InChI is InChI=1S/C10H8N2O2/c13-10(14)6-9-11-7-4-2-1-3-5-8(7)12-9/h1-6,11H,(H,13,14). The van der Waals surface area contributed by atoms with Crippen LogP contribution in [0.1, 0.15) is 5.69 Å². The Balaban J connectivity index is 2.63. The Morgan fingerprint density at radius 3 is 3.07 bits per heavy atom. The van der Waals surface area contributed by atoms with E-state index in [1.54, 1.807) is 0 Å². The quantitative estimate of drug-likeness (QED) is 0.632. The topological polar surface area (TPSA) is 66.0 Å². The van der Waals surface area contributed by atoms with E-state index in [0.29, 0.717) is 5.48 Å². The predicted octanol–water partition coefficient (Wildman–Crippen LogP) is -0.362. The van der Waals surface area contributed by atoms with Gasteiger partial charge >= 0.3 is 5.97 Å². The molecule has 14 heavy (non-hydrogen) atoms. The van der Waals surface area contributed by atoms with Crippen molar-refractivity contribution >= 4 is 24.2 Å². The molecule has 0 aliphatic heterocycles. The number of fused-ring (bicyclic) bond motifs is 1. The summed E-state index contributed by atoms with van der Waals surface area (Å²) in [6.45, 7) is 0. The van der Waals surface area contributed by atoms with Gasteiger partial charge < -0.3 is 10.1 Å². The highest BCUT2D eigenvalue weighted by molar-refractivity contribution is 5.97. The summed E-state index contributed by atoms with van der Waals surface area (Å²) in [7, 11) is 0. The Labute approximate surface area is 79.6 Å². The smallest absolute Gasteiger partial charge is 0.332 e. The van der Waals surface area contributed by atoms with E-state index in [9.17, 15) is 4.79 Å². The minimum Gasteiger partial charge on any atom is -0.478 e. The minimum atomic E-state index is -1.01. The summed E-state index contributed by atoms with van der Waals surface area (Å²) in [5, 5.41) is 9.35. The van der Waals surface area contributed by atoms with Gasteiger partial charge in [0.25, 0.3) is 0 Å².